The standard InChI is InChI=1S/C4H11N3/c1-3-4-7(2)6-5/h3-4,6H,5H2,1-2H3/b4-3-. The van der Waals surface area contributed by atoms with Crippen LogP contribution in [0.4, 0.5) is 0 Å². The van der Waals surface area contributed by atoms with Crippen molar-refractivity contribution in [3.05, 3.63) is 12.3 Å². The predicted molar refractivity (Wildman–Crippen MR) is 29.9 cm³/mol. The number of allylic oxidation sites excluding steroid dienone is 1. The summed E-state index contributed by atoms with van der Waals surface area (Å²) >= 11 is 0. The van der Waals surface area contributed by atoms with E-state index in [1.807, 2.05) is 26.2 Å². The third-order valence-corrected chi connectivity index (χ3v) is 0.576. The van der Waals surface area contributed by atoms with Gasteiger partial charge < -0.3 is 5.01 Å². The molecule has 0 rings (SSSR count). The van der Waals surface area contributed by atoms with Crippen LogP contribution in [0.2, 0.25) is 0 Å². The van der Waals surface area contributed by atoms with Gasteiger partial charge in [0.25, 0.3) is 0 Å². The summed E-state index contributed by atoms with van der Waals surface area (Å²) in [4.78, 5) is 0. The molecule has 7 heavy (non-hydrogen) atoms. The maximum Gasteiger partial charge on any atom is 0.0238 e. The SMILES string of the molecule is C/C=C\N(C)NN. The molecule has 0 saturated heterocycles. The van der Waals surface area contributed by atoms with Gasteiger partial charge in [0.15, 0.2) is 0 Å². The van der Waals surface area contributed by atoms with E-state index in [2.05, 4.69) is 5.53 Å². The molecule has 3 heteroatoms. The quantitative estimate of drug-likeness (QED) is 0.375. The van der Waals surface area contributed by atoms with Crippen molar-refractivity contribution in [3.8, 4) is 0 Å². The first-order chi connectivity index (χ1) is 3.31. The summed E-state index contributed by atoms with van der Waals surface area (Å²) in [5.74, 6) is 4.98. The normalized spacial score (nSPS) is 10.1. The highest BCUT2D eigenvalue weighted by Gasteiger charge is 1.74. The molecule has 0 fully saturated rings. The number of rotatable bonds is 2. The molecule has 0 aromatic heterocycles. The van der Waals surface area contributed by atoms with Crippen LogP contribution in [0.1, 0.15) is 6.92 Å². The average molecular weight is 101 g/mol. The molecular weight excluding hydrogens is 90.1 g/mol. The van der Waals surface area contributed by atoms with Crippen LogP contribution in [0, 0.1) is 0 Å². The molecule has 0 aliphatic rings. The van der Waals surface area contributed by atoms with E-state index >= 15 is 0 Å². The van der Waals surface area contributed by atoms with Crippen molar-refractivity contribution in [3.63, 3.8) is 0 Å². The monoisotopic (exact) mass is 101 g/mol. The lowest BCUT2D eigenvalue weighted by molar-refractivity contribution is 0.335. The lowest BCUT2D eigenvalue weighted by Crippen LogP contribution is -2.35. The van der Waals surface area contributed by atoms with Crippen molar-refractivity contribution >= 4 is 0 Å². The fraction of sp³-hybridized carbons (Fsp3) is 0.500. The maximum atomic E-state index is 4.98. The van der Waals surface area contributed by atoms with Gasteiger partial charge in [-0.3, -0.25) is 5.84 Å². The van der Waals surface area contributed by atoms with Gasteiger partial charge in [0.05, 0.1) is 0 Å². The fourth-order valence-corrected chi connectivity index (χ4v) is 0.267. The summed E-state index contributed by atoms with van der Waals surface area (Å²) in [6.07, 6.45) is 3.71. The van der Waals surface area contributed by atoms with E-state index in [4.69, 9.17) is 5.84 Å². The number of hydrazine groups is 2. The highest BCUT2D eigenvalue weighted by Crippen LogP contribution is 1.70. The molecule has 3 N–H and O–H groups in total. The molecule has 0 aliphatic carbocycles. The van der Waals surface area contributed by atoms with Crippen molar-refractivity contribution in [1.82, 2.24) is 10.5 Å². The van der Waals surface area contributed by atoms with Gasteiger partial charge in [0.2, 0.25) is 0 Å². The molecule has 0 amide bonds. The summed E-state index contributed by atoms with van der Waals surface area (Å²) in [6, 6.07) is 0. The van der Waals surface area contributed by atoms with Gasteiger partial charge in [-0.05, 0) is 6.92 Å². The maximum absolute atomic E-state index is 4.98. The molecule has 0 heterocycles. The van der Waals surface area contributed by atoms with Gasteiger partial charge in [0, 0.05) is 13.2 Å². The van der Waals surface area contributed by atoms with Crippen molar-refractivity contribution in [1.29, 1.82) is 0 Å². The highest BCUT2D eigenvalue weighted by molar-refractivity contribution is 4.71. The van der Waals surface area contributed by atoms with Crippen LogP contribution in [0.25, 0.3) is 0 Å². The fourth-order valence-electron chi connectivity index (χ4n) is 0.267. The van der Waals surface area contributed by atoms with E-state index in [-0.39, 0.29) is 0 Å². The van der Waals surface area contributed by atoms with Gasteiger partial charge in [-0.25, -0.2) is 0 Å². The van der Waals surface area contributed by atoms with Crippen LogP contribution in [0.15, 0.2) is 12.3 Å². The summed E-state index contributed by atoms with van der Waals surface area (Å²) in [6.45, 7) is 1.92. The van der Waals surface area contributed by atoms with E-state index in [9.17, 15) is 0 Å². The number of hydrogen-bond donors (Lipinski definition) is 2. The van der Waals surface area contributed by atoms with Gasteiger partial charge in [-0.15, -0.1) is 0 Å². The summed E-state index contributed by atoms with van der Waals surface area (Å²) in [5, 5.41) is 1.65. The lowest BCUT2D eigenvalue weighted by Gasteiger charge is -2.08. The Kier molecular flexibility index (Phi) is 3.36. The molecule has 0 unspecified atom stereocenters. The van der Waals surface area contributed by atoms with Gasteiger partial charge in [-0.1, -0.05) is 6.08 Å². The Morgan fingerprint density at radius 3 is 2.43 bits per heavy atom. The number of nitrogens with zero attached hydrogens (tertiary/aromatic N) is 1. The highest BCUT2D eigenvalue weighted by atomic mass is 15.6. The first-order valence-corrected chi connectivity index (χ1v) is 2.13. The molecule has 0 bridgehead atoms. The van der Waals surface area contributed by atoms with Crippen LogP contribution in [-0.2, 0) is 0 Å². The lowest BCUT2D eigenvalue weighted by atomic mass is 10.7. The zero-order chi connectivity index (χ0) is 5.70. The summed E-state index contributed by atoms with van der Waals surface area (Å²) < 4.78 is 0. The van der Waals surface area contributed by atoms with Crippen molar-refractivity contribution < 1.29 is 0 Å². The zero-order valence-electron chi connectivity index (χ0n) is 4.68. The van der Waals surface area contributed by atoms with Gasteiger partial charge in [0.1, 0.15) is 0 Å². The molecule has 0 radical (unpaired) electrons. The molecular formula is C4H11N3. The topological polar surface area (TPSA) is 41.3 Å². The van der Waals surface area contributed by atoms with Crippen molar-refractivity contribution in [2.24, 2.45) is 5.84 Å². The van der Waals surface area contributed by atoms with E-state index in [1.54, 1.807) is 5.01 Å². The Morgan fingerprint density at radius 2 is 2.29 bits per heavy atom. The van der Waals surface area contributed by atoms with Crippen molar-refractivity contribution in [2.45, 2.75) is 6.92 Å². The first-order valence-electron chi connectivity index (χ1n) is 2.13. The summed E-state index contributed by atoms with van der Waals surface area (Å²) in [7, 11) is 1.82. The van der Waals surface area contributed by atoms with Crippen LogP contribution in [0.3, 0.4) is 0 Å². The van der Waals surface area contributed by atoms with E-state index < -0.39 is 0 Å². The van der Waals surface area contributed by atoms with Crippen LogP contribution >= 0.6 is 0 Å². The third-order valence-electron chi connectivity index (χ3n) is 0.576. The first kappa shape index (κ1) is 6.46. The molecule has 0 saturated carbocycles. The van der Waals surface area contributed by atoms with Crippen LogP contribution < -0.4 is 11.4 Å². The van der Waals surface area contributed by atoms with Crippen LogP contribution in [-0.4, -0.2) is 12.1 Å². The largest absolute Gasteiger partial charge is 0.306 e. The minimum atomic E-state index is 1.65. The average Bonchev–Trinajstić information content (AvgIpc) is 1.68. The van der Waals surface area contributed by atoms with E-state index in [0.717, 1.165) is 0 Å². The zero-order valence-corrected chi connectivity index (χ0v) is 4.68. The second kappa shape index (κ2) is 3.64. The molecule has 0 spiro atoms. The van der Waals surface area contributed by atoms with Crippen molar-refractivity contribution in [2.75, 3.05) is 7.05 Å². The Morgan fingerprint density at radius 1 is 1.71 bits per heavy atom. The van der Waals surface area contributed by atoms with Gasteiger partial charge >= 0.3 is 0 Å². The second-order valence-electron chi connectivity index (χ2n) is 1.22. The molecule has 0 aromatic carbocycles. The van der Waals surface area contributed by atoms with E-state index in [1.165, 1.54) is 0 Å². The third kappa shape index (κ3) is 3.29. The second-order valence-corrected chi connectivity index (χ2v) is 1.22. The predicted octanol–water partition coefficient (Wildman–Crippen LogP) is -0.170. The molecule has 0 aliphatic heterocycles. The Balaban J connectivity index is 3.16. The van der Waals surface area contributed by atoms with E-state index in [0.29, 0.717) is 0 Å². The van der Waals surface area contributed by atoms with Crippen LogP contribution in [0.5, 0.6) is 0 Å². The molecule has 3 nitrogen and oxygen atoms in total. The molecule has 0 aromatic rings. The number of hydrogen-bond acceptors (Lipinski definition) is 3. The minimum absolute atomic E-state index is 1.65. The summed E-state index contributed by atoms with van der Waals surface area (Å²) in [5.41, 5.74) is 2.41. The number of nitrogens with one attached hydrogen (secondary N) is 1. The minimum Gasteiger partial charge on any atom is -0.306 e. The Hall–Kier alpha value is -0.540. The Bertz CT molecular complexity index is 60.0. The molecule has 0 atom stereocenters. The molecule has 42 valence electrons. The number of nitrogens with two attached hydrogens (primary N) is 1. The Labute approximate surface area is 43.7 Å². The smallest absolute Gasteiger partial charge is 0.0238 e. The van der Waals surface area contributed by atoms with Gasteiger partial charge in [-0.2, -0.15) is 5.53 Å².